The second-order valence-corrected chi connectivity index (χ2v) is 6.73. The highest BCUT2D eigenvalue weighted by Gasteiger charge is 2.17. The molecule has 0 saturated carbocycles. The van der Waals surface area contributed by atoms with Crippen LogP contribution in [0.3, 0.4) is 0 Å². The highest BCUT2D eigenvalue weighted by Crippen LogP contribution is 2.39. The minimum absolute atomic E-state index is 0.167. The van der Waals surface area contributed by atoms with Crippen molar-refractivity contribution >= 4 is 38.3 Å². The predicted molar refractivity (Wildman–Crippen MR) is 95.6 cm³/mol. The molecule has 3 aromatic rings. The zero-order valence-electron chi connectivity index (χ0n) is 12.0. The number of alkyl halides is 1. The van der Waals surface area contributed by atoms with E-state index in [1.807, 2.05) is 12.1 Å². The molecule has 0 bridgehead atoms. The van der Waals surface area contributed by atoms with Crippen LogP contribution < -0.4 is 0 Å². The number of halogens is 2. The van der Waals surface area contributed by atoms with Crippen LogP contribution in [0, 0.1) is 13.8 Å². The van der Waals surface area contributed by atoms with Crippen LogP contribution in [0.2, 0.25) is 5.02 Å². The van der Waals surface area contributed by atoms with E-state index in [1.54, 1.807) is 0 Å². The molecule has 0 spiro atoms. The fourth-order valence-corrected chi connectivity index (χ4v) is 4.17. The maximum atomic E-state index is 6.08. The van der Waals surface area contributed by atoms with Crippen LogP contribution in [-0.4, -0.2) is 0 Å². The molecule has 0 radical (unpaired) electrons. The van der Waals surface area contributed by atoms with Crippen LogP contribution in [0.4, 0.5) is 0 Å². The highest BCUT2D eigenvalue weighted by atomic mass is 79.9. The summed E-state index contributed by atoms with van der Waals surface area (Å²) >= 11 is 9.98. The molecule has 0 aliphatic rings. The SMILES string of the molecule is Cc1cc(Cl)ccc1C(Br)c1c(C)ccc2ccccc12. The Morgan fingerprint density at radius 1 is 0.905 bits per heavy atom. The number of fused-ring (bicyclic) bond motifs is 1. The van der Waals surface area contributed by atoms with Crippen molar-refractivity contribution in [1.29, 1.82) is 0 Å². The van der Waals surface area contributed by atoms with Crippen molar-refractivity contribution in [3.05, 3.63) is 81.9 Å². The van der Waals surface area contributed by atoms with Crippen molar-refractivity contribution in [1.82, 2.24) is 0 Å². The van der Waals surface area contributed by atoms with Gasteiger partial charge in [-0.2, -0.15) is 0 Å². The molecule has 3 rings (SSSR count). The zero-order chi connectivity index (χ0) is 15.0. The second kappa shape index (κ2) is 5.82. The van der Waals surface area contributed by atoms with Gasteiger partial charge in [-0.15, -0.1) is 0 Å². The highest BCUT2D eigenvalue weighted by molar-refractivity contribution is 9.09. The molecule has 2 heteroatoms. The Morgan fingerprint density at radius 2 is 1.67 bits per heavy atom. The summed E-state index contributed by atoms with van der Waals surface area (Å²) in [6.07, 6.45) is 0. The Bertz CT molecular complexity index is 808. The van der Waals surface area contributed by atoms with E-state index in [-0.39, 0.29) is 4.83 Å². The molecule has 1 atom stereocenters. The lowest BCUT2D eigenvalue weighted by molar-refractivity contribution is 1.13. The molecule has 106 valence electrons. The number of benzene rings is 3. The summed E-state index contributed by atoms with van der Waals surface area (Å²) in [7, 11) is 0. The minimum Gasteiger partial charge on any atom is -0.0843 e. The molecule has 0 aliphatic heterocycles. The number of rotatable bonds is 2. The van der Waals surface area contributed by atoms with Gasteiger partial charge in [-0.3, -0.25) is 0 Å². The Labute approximate surface area is 138 Å². The molecule has 3 aromatic carbocycles. The van der Waals surface area contributed by atoms with Crippen LogP contribution in [0.5, 0.6) is 0 Å². The largest absolute Gasteiger partial charge is 0.0843 e. The van der Waals surface area contributed by atoms with Crippen molar-refractivity contribution in [3.63, 3.8) is 0 Å². The minimum atomic E-state index is 0.167. The van der Waals surface area contributed by atoms with Crippen LogP contribution in [-0.2, 0) is 0 Å². The van der Waals surface area contributed by atoms with Gasteiger partial charge in [0.05, 0.1) is 4.83 Å². The first-order valence-electron chi connectivity index (χ1n) is 6.96. The van der Waals surface area contributed by atoms with Gasteiger partial charge >= 0.3 is 0 Å². The molecule has 0 amide bonds. The van der Waals surface area contributed by atoms with Crippen molar-refractivity contribution in [3.8, 4) is 0 Å². The zero-order valence-corrected chi connectivity index (χ0v) is 14.4. The van der Waals surface area contributed by atoms with E-state index in [1.165, 1.54) is 33.0 Å². The molecule has 0 saturated heterocycles. The van der Waals surface area contributed by atoms with Crippen LogP contribution >= 0.6 is 27.5 Å². The maximum Gasteiger partial charge on any atom is 0.0655 e. The molecule has 1 unspecified atom stereocenters. The predicted octanol–water partition coefficient (Wildman–Crippen LogP) is 6.59. The van der Waals surface area contributed by atoms with Gasteiger partial charge in [0.2, 0.25) is 0 Å². The third-order valence-electron chi connectivity index (χ3n) is 3.95. The van der Waals surface area contributed by atoms with Gasteiger partial charge in [0.25, 0.3) is 0 Å². The standard InChI is InChI=1S/C19H16BrCl/c1-12-7-8-14-5-3-4-6-17(14)18(12)19(20)16-10-9-15(21)11-13(16)2/h3-11,19H,1-2H3. The fraction of sp³-hybridized carbons (Fsp3) is 0.158. The summed E-state index contributed by atoms with van der Waals surface area (Å²) in [6, 6.07) is 19.0. The van der Waals surface area contributed by atoms with Gasteiger partial charge in [-0.1, -0.05) is 70.0 Å². The summed E-state index contributed by atoms with van der Waals surface area (Å²) in [4.78, 5) is 0.167. The Kier molecular flexibility index (Phi) is 4.05. The molecule has 0 heterocycles. The van der Waals surface area contributed by atoms with Crippen molar-refractivity contribution in [2.24, 2.45) is 0 Å². The lowest BCUT2D eigenvalue weighted by Gasteiger charge is -2.18. The molecular weight excluding hydrogens is 344 g/mol. The Morgan fingerprint density at radius 3 is 2.43 bits per heavy atom. The monoisotopic (exact) mass is 358 g/mol. The molecule has 0 N–H and O–H groups in total. The molecular formula is C19H16BrCl. The molecule has 0 aliphatic carbocycles. The van der Waals surface area contributed by atoms with E-state index in [0.717, 1.165) is 5.02 Å². The van der Waals surface area contributed by atoms with Crippen LogP contribution in [0.15, 0.2) is 54.6 Å². The summed E-state index contributed by atoms with van der Waals surface area (Å²) in [5.41, 5.74) is 5.10. The van der Waals surface area contributed by atoms with E-state index in [2.05, 4.69) is 72.2 Å². The third kappa shape index (κ3) is 2.73. The first-order chi connectivity index (χ1) is 10.1. The maximum absolute atomic E-state index is 6.08. The van der Waals surface area contributed by atoms with Gasteiger partial charge in [0.1, 0.15) is 0 Å². The topological polar surface area (TPSA) is 0 Å². The lowest BCUT2D eigenvalue weighted by Crippen LogP contribution is -1.99. The van der Waals surface area contributed by atoms with Gasteiger partial charge in [-0.25, -0.2) is 0 Å². The number of aryl methyl sites for hydroxylation is 2. The van der Waals surface area contributed by atoms with Crippen molar-refractivity contribution in [2.45, 2.75) is 18.7 Å². The smallest absolute Gasteiger partial charge is 0.0655 e. The third-order valence-corrected chi connectivity index (χ3v) is 5.13. The average Bonchev–Trinajstić information content (AvgIpc) is 2.46. The summed E-state index contributed by atoms with van der Waals surface area (Å²) in [5, 5.41) is 3.36. The summed E-state index contributed by atoms with van der Waals surface area (Å²) < 4.78 is 0. The van der Waals surface area contributed by atoms with Crippen molar-refractivity contribution < 1.29 is 0 Å². The first-order valence-corrected chi connectivity index (χ1v) is 8.25. The fourth-order valence-electron chi connectivity index (χ4n) is 2.82. The quantitative estimate of drug-likeness (QED) is 0.452. The molecule has 0 aromatic heterocycles. The van der Waals surface area contributed by atoms with E-state index in [4.69, 9.17) is 11.6 Å². The number of hydrogen-bond acceptors (Lipinski definition) is 0. The second-order valence-electron chi connectivity index (χ2n) is 5.38. The van der Waals surface area contributed by atoms with Gasteiger partial charge in [0.15, 0.2) is 0 Å². The molecule has 0 fully saturated rings. The Hall–Kier alpha value is -1.31. The van der Waals surface area contributed by atoms with E-state index >= 15 is 0 Å². The van der Waals surface area contributed by atoms with Crippen molar-refractivity contribution in [2.75, 3.05) is 0 Å². The lowest BCUT2D eigenvalue weighted by atomic mass is 9.92. The molecule has 0 nitrogen and oxygen atoms in total. The number of hydrogen-bond donors (Lipinski definition) is 0. The van der Waals surface area contributed by atoms with Gasteiger partial charge in [0, 0.05) is 5.02 Å². The summed E-state index contributed by atoms with van der Waals surface area (Å²) in [6.45, 7) is 4.28. The normalized spacial score (nSPS) is 12.6. The van der Waals surface area contributed by atoms with E-state index in [0.29, 0.717) is 0 Å². The summed E-state index contributed by atoms with van der Waals surface area (Å²) in [5.74, 6) is 0. The van der Waals surface area contributed by atoms with E-state index < -0.39 is 0 Å². The Balaban J connectivity index is 2.21. The molecule has 21 heavy (non-hydrogen) atoms. The van der Waals surface area contributed by atoms with E-state index in [9.17, 15) is 0 Å². The van der Waals surface area contributed by atoms with Crippen LogP contribution in [0.25, 0.3) is 10.8 Å². The van der Waals surface area contributed by atoms with Crippen LogP contribution in [0.1, 0.15) is 27.1 Å². The van der Waals surface area contributed by atoms with Gasteiger partial charge in [-0.05, 0) is 59.0 Å². The average molecular weight is 360 g/mol. The first kappa shape index (κ1) is 14.6. The van der Waals surface area contributed by atoms with Gasteiger partial charge < -0.3 is 0 Å².